The van der Waals surface area contributed by atoms with Crippen LogP contribution in [0.4, 0.5) is 32.0 Å². The number of carboxylic acid groups (broad SMARTS) is 1. The number of aromatic hydroxyl groups is 1. The predicted molar refractivity (Wildman–Crippen MR) is 141 cm³/mol. The molecule has 1 aliphatic heterocycles. The van der Waals surface area contributed by atoms with Gasteiger partial charge in [0.05, 0.1) is 37.2 Å². The number of aliphatic carboxylic acids is 1. The normalized spacial score (nSPS) is 17.1. The van der Waals surface area contributed by atoms with Crippen molar-refractivity contribution in [2.75, 3.05) is 31.6 Å². The fourth-order valence-corrected chi connectivity index (χ4v) is 4.03. The van der Waals surface area contributed by atoms with Gasteiger partial charge in [-0.3, -0.25) is 19.4 Å². The number of carbonyl (C=O) groups excluding carboxylic acids is 2. The molecule has 0 aliphatic carbocycles. The minimum atomic E-state index is -5.19. The molecule has 12 nitrogen and oxygen atoms in total. The molecule has 0 aromatic heterocycles. The summed E-state index contributed by atoms with van der Waals surface area (Å²) >= 11 is 0. The highest BCUT2D eigenvalue weighted by molar-refractivity contribution is 6.00. The molecule has 18 heteroatoms. The summed E-state index contributed by atoms with van der Waals surface area (Å²) in [6.45, 7) is -2.73. The lowest BCUT2D eigenvalue weighted by Crippen LogP contribution is -2.42. The first-order valence-electron chi connectivity index (χ1n) is 12.7. The van der Waals surface area contributed by atoms with Crippen LogP contribution in [0, 0.1) is 0 Å². The molecule has 0 saturated heterocycles. The molecule has 1 aliphatic rings. The van der Waals surface area contributed by atoms with Crippen LogP contribution in [0.1, 0.15) is 39.5 Å². The van der Waals surface area contributed by atoms with E-state index in [1.165, 1.54) is 12.1 Å². The van der Waals surface area contributed by atoms with E-state index in [2.05, 4.69) is 26.3 Å². The average Bonchev–Trinajstić information content (AvgIpc) is 2.95. The van der Waals surface area contributed by atoms with Crippen molar-refractivity contribution in [1.29, 1.82) is 0 Å². The van der Waals surface area contributed by atoms with E-state index in [9.17, 15) is 61.2 Å². The quantitative estimate of drug-likeness (QED) is 0.170. The van der Waals surface area contributed by atoms with Crippen molar-refractivity contribution in [3.8, 4) is 5.75 Å². The average molecular weight is 636 g/mol. The molecule has 2 aromatic carbocycles. The maximum Gasteiger partial charge on any atom is 0.416 e. The number of guanidine groups is 1. The second kappa shape index (κ2) is 13.8. The maximum absolute atomic E-state index is 13.5. The third-order valence-corrected chi connectivity index (χ3v) is 6.28. The van der Waals surface area contributed by atoms with E-state index in [4.69, 9.17) is 0 Å². The van der Waals surface area contributed by atoms with Gasteiger partial charge in [-0.15, -0.1) is 0 Å². The van der Waals surface area contributed by atoms with E-state index in [-0.39, 0.29) is 42.1 Å². The molecule has 3 unspecified atom stereocenters. The number of benzene rings is 2. The summed E-state index contributed by atoms with van der Waals surface area (Å²) in [6.07, 6.45) is -10.8. The number of phenols is 1. The van der Waals surface area contributed by atoms with Crippen LogP contribution in [0.15, 0.2) is 41.4 Å². The second-order valence-corrected chi connectivity index (χ2v) is 9.72. The van der Waals surface area contributed by atoms with Crippen molar-refractivity contribution in [2.45, 2.75) is 36.8 Å². The number of phenolic OH excluding ortho intramolecular Hbond substituents is 1. The zero-order valence-corrected chi connectivity index (χ0v) is 22.5. The molecule has 1 heterocycles. The highest BCUT2D eigenvalue weighted by Crippen LogP contribution is 2.37. The first-order valence-corrected chi connectivity index (χ1v) is 12.7. The first kappa shape index (κ1) is 33.9. The van der Waals surface area contributed by atoms with Crippen molar-refractivity contribution in [3.63, 3.8) is 0 Å². The van der Waals surface area contributed by atoms with Gasteiger partial charge in [-0.2, -0.15) is 13.2 Å². The van der Waals surface area contributed by atoms with Crippen LogP contribution < -0.4 is 21.3 Å². The number of rotatable bonds is 11. The number of nitrogens with zero attached hydrogens (tertiary/aromatic N) is 1. The monoisotopic (exact) mass is 635 g/mol. The van der Waals surface area contributed by atoms with Gasteiger partial charge in [0.2, 0.25) is 5.91 Å². The van der Waals surface area contributed by atoms with Gasteiger partial charge in [-0.25, -0.2) is 13.2 Å². The maximum atomic E-state index is 13.5. The van der Waals surface area contributed by atoms with Crippen LogP contribution in [0.3, 0.4) is 0 Å². The molecule has 2 aromatic rings. The lowest BCUT2D eigenvalue weighted by molar-refractivity contribution is -0.139. The summed E-state index contributed by atoms with van der Waals surface area (Å²) in [4.78, 5) is 40.8. The second-order valence-electron chi connectivity index (χ2n) is 9.72. The van der Waals surface area contributed by atoms with Crippen LogP contribution in [0.2, 0.25) is 0 Å². The smallest absolute Gasteiger partial charge is 0.416 e. The Morgan fingerprint density at radius 2 is 1.75 bits per heavy atom. The molecule has 44 heavy (non-hydrogen) atoms. The molecule has 8 N–H and O–H groups in total. The van der Waals surface area contributed by atoms with Crippen molar-refractivity contribution < 1.29 is 61.2 Å². The third kappa shape index (κ3) is 8.73. The molecular weight excluding hydrogens is 608 g/mol. The van der Waals surface area contributed by atoms with Crippen LogP contribution in [0.5, 0.6) is 5.75 Å². The summed E-state index contributed by atoms with van der Waals surface area (Å²) in [5, 5.41) is 48.7. The number of β-amino-alcohol motifs (C(OH)–C–C–N with tert-alkyl or cyclic N) is 1. The van der Waals surface area contributed by atoms with Gasteiger partial charge >= 0.3 is 12.1 Å². The van der Waals surface area contributed by atoms with E-state index in [1.807, 2.05) is 0 Å². The van der Waals surface area contributed by atoms with Gasteiger partial charge in [0.1, 0.15) is 12.4 Å². The van der Waals surface area contributed by atoms with Gasteiger partial charge in [0, 0.05) is 23.9 Å². The van der Waals surface area contributed by atoms with E-state index in [0.29, 0.717) is 12.1 Å². The SMILES string of the molecule is O=C(O)CC(NC(=O)CNC(=O)c1cc(O)cc(NC2=NCC(O)CN2)c1)c1cc(C(F)(F)F)cc(C(O)(CF)C(F)F)c1. The Hall–Kier alpha value is -4.58. The Balaban J connectivity index is 1.79. The molecule has 3 atom stereocenters. The van der Waals surface area contributed by atoms with Crippen LogP contribution >= 0.6 is 0 Å². The number of hydrogen-bond donors (Lipinski definition) is 8. The molecule has 2 amide bonds. The van der Waals surface area contributed by atoms with Crippen LogP contribution in [-0.4, -0.2) is 83.0 Å². The summed E-state index contributed by atoms with van der Waals surface area (Å²) in [5.74, 6) is -3.77. The number of halogens is 6. The molecule has 3 rings (SSSR count). The Morgan fingerprint density at radius 3 is 2.32 bits per heavy atom. The topological polar surface area (TPSA) is 193 Å². The number of carboxylic acids is 1. The lowest BCUT2D eigenvalue weighted by atomic mass is 9.89. The van der Waals surface area contributed by atoms with Gasteiger partial charge in [-0.05, 0) is 35.4 Å². The number of nitrogens with one attached hydrogen (secondary N) is 4. The summed E-state index contributed by atoms with van der Waals surface area (Å²) < 4.78 is 80.9. The zero-order chi connectivity index (χ0) is 32.8. The predicted octanol–water partition coefficient (Wildman–Crippen LogP) is 1.63. The Labute approximate surface area is 244 Å². The standard InChI is InChI=1S/C26H27F6N5O7/c27-11-25(44,23(28)29)14-1-12(2-15(5-14)26(30,31)32)19(7-21(41)42)37-20(40)10-33-22(43)13-3-16(6-17(38)4-13)36-24-34-8-18(39)9-35-24/h1-6,18-19,23,38-39,44H,7-11H2,(H,33,43)(H,37,40)(H,41,42)(H2,34,35,36). The van der Waals surface area contributed by atoms with E-state index >= 15 is 0 Å². The largest absolute Gasteiger partial charge is 0.508 e. The zero-order valence-electron chi connectivity index (χ0n) is 22.5. The number of alkyl halides is 6. The van der Waals surface area contributed by atoms with Gasteiger partial charge in [-0.1, -0.05) is 6.07 Å². The fourth-order valence-electron chi connectivity index (χ4n) is 4.03. The first-order chi connectivity index (χ1) is 20.5. The van der Waals surface area contributed by atoms with E-state index in [0.717, 1.165) is 6.07 Å². The molecule has 0 bridgehead atoms. The Kier molecular flexibility index (Phi) is 10.6. The van der Waals surface area contributed by atoms with E-state index in [1.54, 1.807) is 0 Å². The molecule has 240 valence electrons. The molecule has 0 fully saturated rings. The van der Waals surface area contributed by atoms with Gasteiger partial charge in [0.15, 0.2) is 11.6 Å². The molecule has 0 saturated carbocycles. The number of amides is 2. The molecule has 0 radical (unpaired) electrons. The highest BCUT2D eigenvalue weighted by atomic mass is 19.4. The van der Waals surface area contributed by atoms with Crippen molar-refractivity contribution in [1.82, 2.24) is 16.0 Å². The van der Waals surface area contributed by atoms with Crippen molar-refractivity contribution in [2.24, 2.45) is 4.99 Å². The summed E-state index contributed by atoms with van der Waals surface area (Å²) in [6, 6.07) is 2.75. The molecule has 0 spiro atoms. The number of aliphatic hydroxyl groups is 2. The number of aliphatic hydroxyl groups excluding tert-OH is 1. The third-order valence-electron chi connectivity index (χ3n) is 6.28. The Morgan fingerprint density at radius 1 is 1.07 bits per heavy atom. The van der Waals surface area contributed by atoms with Crippen molar-refractivity contribution >= 4 is 29.4 Å². The number of aliphatic imine (C=N–C) groups is 1. The van der Waals surface area contributed by atoms with Crippen molar-refractivity contribution in [3.05, 3.63) is 58.7 Å². The number of carbonyl (C=O) groups is 3. The summed E-state index contributed by atoms with van der Waals surface area (Å²) in [7, 11) is 0. The minimum Gasteiger partial charge on any atom is -0.508 e. The van der Waals surface area contributed by atoms with Gasteiger partial charge in [0.25, 0.3) is 12.3 Å². The lowest BCUT2D eigenvalue weighted by Gasteiger charge is -2.27. The summed E-state index contributed by atoms with van der Waals surface area (Å²) in [5.41, 5.74) is -7.11. The van der Waals surface area contributed by atoms with E-state index < -0.39 is 84.5 Å². The Bertz CT molecular complexity index is 1420. The molecular formula is C26H27F6N5O7. The number of hydrogen-bond acceptors (Lipinski definition) is 9. The minimum absolute atomic E-state index is 0.0911. The van der Waals surface area contributed by atoms with Crippen LogP contribution in [0.25, 0.3) is 0 Å². The van der Waals surface area contributed by atoms with Gasteiger partial charge < -0.3 is 41.7 Å². The van der Waals surface area contributed by atoms with Crippen LogP contribution in [-0.2, 0) is 21.4 Å². The number of anilines is 1. The fraction of sp³-hybridized carbons (Fsp3) is 0.385. The highest BCUT2D eigenvalue weighted by Gasteiger charge is 2.43.